The molecule has 3 aromatic rings. The molecule has 0 atom stereocenters. The predicted octanol–water partition coefficient (Wildman–Crippen LogP) is 2.62. The van der Waals surface area contributed by atoms with E-state index in [4.69, 9.17) is 10.2 Å². The Morgan fingerprint density at radius 3 is 2.67 bits per heavy atom. The second kappa shape index (κ2) is 4.56. The van der Waals surface area contributed by atoms with E-state index >= 15 is 0 Å². The van der Waals surface area contributed by atoms with Crippen molar-refractivity contribution < 1.29 is 17.2 Å². The van der Waals surface area contributed by atoms with Crippen molar-refractivity contribution in [1.82, 2.24) is 4.98 Å². The maximum absolute atomic E-state index is 13.3. The molecule has 0 aliphatic rings. The van der Waals surface area contributed by atoms with Crippen LogP contribution in [0.3, 0.4) is 0 Å². The highest BCUT2D eigenvalue weighted by molar-refractivity contribution is 7.90. The quantitative estimate of drug-likeness (QED) is 0.735. The number of oxazole rings is 1. The van der Waals surface area contributed by atoms with E-state index in [1.807, 2.05) is 0 Å². The second-order valence-corrected chi connectivity index (χ2v) is 6.67. The topological polar surface area (TPSA) is 86.2 Å². The van der Waals surface area contributed by atoms with E-state index < -0.39 is 15.7 Å². The third kappa shape index (κ3) is 2.47. The molecule has 0 radical (unpaired) electrons. The summed E-state index contributed by atoms with van der Waals surface area (Å²) in [6.45, 7) is 0. The lowest BCUT2D eigenvalue weighted by molar-refractivity contribution is 0.601. The first-order valence-electron chi connectivity index (χ1n) is 6.00. The van der Waals surface area contributed by atoms with Crippen molar-refractivity contribution in [1.29, 1.82) is 0 Å². The fourth-order valence-corrected chi connectivity index (χ4v) is 2.61. The van der Waals surface area contributed by atoms with E-state index in [0.717, 1.165) is 6.26 Å². The highest BCUT2D eigenvalue weighted by Gasteiger charge is 2.14. The Labute approximate surface area is 120 Å². The molecule has 2 N–H and O–H groups in total. The summed E-state index contributed by atoms with van der Waals surface area (Å²) < 4.78 is 41.9. The van der Waals surface area contributed by atoms with Crippen molar-refractivity contribution in [2.75, 3.05) is 12.0 Å². The van der Waals surface area contributed by atoms with E-state index in [9.17, 15) is 12.8 Å². The summed E-state index contributed by atoms with van der Waals surface area (Å²) in [6.07, 6.45) is 1.11. The van der Waals surface area contributed by atoms with E-state index in [1.165, 1.54) is 36.4 Å². The minimum atomic E-state index is -3.33. The van der Waals surface area contributed by atoms with E-state index in [1.54, 1.807) is 0 Å². The summed E-state index contributed by atoms with van der Waals surface area (Å²) in [5.74, 6) is -0.314. The summed E-state index contributed by atoms with van der Waals surface area (Å²) in [5.41, 5.74) is 7.21. The third-order valence-electron chi connectivity index (χ3n) is 3.03. The number of aromatic nitrogens is 1. The van der Waals surface area contributed by atoms with Crippen LogP contribution >= 0.6 is 0 Å². The number of sulfone groups is 1. The minimum Gasteiger partial charge on any atom is -0.436 e. The third-order valence-corrected chi connectivity index (χ3v) is 4.14. The van der Waals surface area contributed by atoms with Crippen molar-refractivity contribution in [3.8, 4) is 11.5 Å². The molecule has 108 valence electrons. The lowest BCUT2D eigenvalue weighted by atomic mass is 10.2. The van der Waals surface area contributed by atoms with Gasteiger partial charge in [0.15, 0.2) is 15.4 Å². The van der Waals surface area contributed by atoms with Crippen LogP contribution in [-0.4, -0.2) is 19.7 Å². The summed E-state index contributed by atoms with van der Waals surface area (Å²) in [4.78, 5) is 4.32. The van der Waals surface area contributed by atoms with Crippen LogP contribution in [0.5, 0.6) is 0 Å². The molecular formula is C14H11FN2O3S. The standard InChI is InChI=1S/C14H11FN2O3S/c1-21(18,19)9-3-5-13-12(7-9)17-14(20-13)10-6-8(15)2-4-11(10)16/h2-7H,16H2,1H3. The largest absolute Gasteiger partial charge is 0.436 e. The fourth-order valence-electron chi connectivity index (χ4n) is 1.97. The molecule has 0 aliphatic carbocycles. The first-order chi connectivity index (χ1) is 9.84. The molecule has 3 rings (SSSR count). The van der Waals surface area contributed by atoms with E-state index in [2.05, 4.69) is 4.98 Å². The number of hydrogen-bond acceptors (Lipinski definition) is 5. The Morgan fingerprint density at radius 2 is 1.95 bits per heavy atom. The smallest absolute Gasteiger partial charge is 0.229 e. The zero-order valence-corrected chi connectivity index (χ0v) is 11.8. The van der Waals surface area contributed by atoms with Gasteiger partial charge in [-0.05, 0) is 36.4 Å². The first kappa shape index (κ1) is 13.6. The van der Waals surface area contributed by atoms with Crippen LogP contribution in [-0.2, 0) is 9.84 Å². The van der Waals surface area contributed by atoms with Crippen LogP contribution in [0.2, 0.25) is 0 Å². The second-order valence-electron chi connectivity index (χ2n) is 4.65. The van der Waals surface area contributed by atoms with Gasteiger partial charge in [0, 0.05) is 11.9 Å². The molecule has 0 amide bonds. The summed E-state index contributed by atoms with van der Waals surface area (Å²) >= 11 is 0. The average molecular weight is 306 g/mol. The van der Waals surface area contributed by atoms with Gasteiger partial charge >= 0.3 is 0 Å². The molecule has 0 fully saturated rings. The van der Waals surface area contributed by atoms with Gasteiger partial charge in [-0.2, -0.15) is 0 Å². The molecule has 0 saturated carbocycles. The molecule has 0 spiro atoms. The van der Waals surface area contributed by atoms with Crippen molar-refractivity contribution in [3.05, 3.63) is 42.2 Å². The number of hydrogen-bond donors (Lipinski definition) is 1. The van der Waals surface area contributed by atoms with E-state index in [0.29, 0.717) is 22.4 Å². The van der Waals surface area contributed by atoms with Crippen LogP contribution in [0.1, 0.15) is 0 Å². The van der Waals surface area contributed by atoms with Gasteiger partial charge in [-0.15, -0.1) is 0 Å². The van der Waals surface area contributed by atoms with Crippen LogP contribution in [0.15, 0.2) is 45.7 Å². The molecule has 1 aromatic heterocycles. The van der Waals surface area contributed by atoms with Crippen LogP contribution in [0.4, 0.5) is 10.1 Å². The monoisotopic (exact) mass is 306 g/mol. The van der Waals surface area contributed by atoms with Gasteiger partial charge in [-0.1, -0.05) is 0 Å². The molecule has 5 nitrogen and oxygen atoms in total. The molecule has 1 heterocycles. The van der Waals surface area contributed by atoms with Crippen molar-refractivity contribution in [3.63, 3.8) is 0 Å². The number of halogens is 1. The average Bonchev–Trinajstić information content (AvgIpc) is 2.83. The fraction of sp³-hybridized carbons (Fsp3) is 0.0714. The number of rotatable bonds is 2. The molecule has 0 saturated heterocycles. The molecule has 21 heavy (non-hydrogen) atoms. The first-order valence-corrected chi connectivity index (χ1v) is 7.90. The van der Waals surface area contributed by atoms with Crippen LogP contribution in [0, 0.1) is 5.82 Å². The molecule has 2 aromatic carbocycles. The summed E-state index contributed by atoms with van der Waals surface area (Å²) in [7, 11) is -3.33. The van der Waals surface area contributed by atoms with Gasteiger partial charge in [0.2, 0.25) is 5.89 Å². The minimum absolute atomic E-state index is 0.141. The predicted molar refractivity (Wildman–Crippen MR) is 76.9 cm³/mol. The zero-order valence-electron chi connectivity index (χ0n) is 11.0. The van der Waals surface area contributed by atoms with Gasteiger partial charge in [0.25, 0.3) is 0 Å². The normalized spacial score (nSPS) is 11.9. The number of nitrogen functional groups attached to an aromatic ring is 1. The van der Waals surface area contributed by atoms with Crippen molar-refractivity contribution in [2.24, 2.45) is 0 Å². The van der Waals surface area contributed by atoms with Crippen molar-refractivity contribution >= 4 is 26.6 Å². The number of nitrogens with two attached hydrogens (primary N) is 1. The molecule has 0 unspecified atom stereocenters. The lowest BCUT2D eigenvalue weighted by Crippen LogP contribution is -1.96. The van der Waals surface area contributed by atoms with Gasteiger partial charge in [-0.3, -0.25) is 0 Å². The molecule has 0 bridgehead atoms. The Morgan fingerprint density at radius 1 is 1.19 bits per heavy atom. The maximum Gasteiger partial charge on any atom is 0.229 e. The molecule has 7 heteroatoms. The maximum atomic E-state index is 13.3. The number of benzene rings is 2. The molecule has 0 aliphatic heterocycles. The van der Waals surface area contributed by atoms with Gasteiger partial charge < -0.3 is 10.2 Å². The van der Waals surface area contributed by atoms with Gasteiger partial charge in [0.1, 0.15) is 11.3 Å². The summed E-state index contributed by atoms with van der Waals surface area (Å²) in [6, 6.07) is 8.23. The Balaban J connectivity index is 2.20. The Bertz CT molecular complexity index is 948. The molecular weight excluding hydrogens is 295 g/mol. The zero-order chi connectivity index (χ0) is 15.2. The van der Waals surface area contributed by atoms with Crippen molar-refractivity contribution in [2.45, 2.75) is 4.90 Å². The number of anilines is 1. The van der Waals surface area contributed by atoms with Crippen LogP contribution < -0.4 is 5.73 Å². The lowest BCUT2D eigenvalue weighted by Gasteiger charge is -2.00. The summed E-state index contributed by atoms with van der Waals surface area (Å²) in [5, 5.41) is 0. The highest BCUT2D eigenvalue weighted by Crippen LogP contribution is 2.30. The number of nitrogens with zero attached hydrogens (tertiary/aromatic N) is 1. The Hall–Kier alpha value is -2.41. The highest BCUT2D eigenvalue weighted by atomic mass is 32.2. The van der Waals surface area contributed by atoms with Gasteiger partial charge in [0.05, 0.1) is 10.5 Å². The SMILES string of the molecule is CS(=O)(=O)c1ccc2oc(-c3cc(F)ccc3N)nc2c1. The van der Waals surface area contributed by atoms with Gasteiger partial charge in [-0.25, -0.2) is 17.8 Å². The van der Waals surface area contributed by atoms with E-state index in [-0.39, 0.29) is 10.8 Å². The van der Waals surface area contributed by atoms with Crippen LogP contribution in [0.25, 0.3) is 22.6 Å². The number of fused-ring (bicyclic) bond motifs is 1. The Kier molecular flexibility index (Phi) is 2.94.